The second kappa shape index (κ2) is 5.83. The van der Waals surface area contributed by atoms with Gasteiger partial charge in [0.1, 0.15) is 0 Å². The quantitative estimate of drug-likeness (QED) is 0.832. The average Bonchev–Trinajstić information content (AvgIpc) is 2.28. The van der Waals surface area contributed by atoms with E-state index in [1.165, 1.54) is 11.1 Å². The number of nitrogens with one attached hydrogen (secondary N) is 1. The van der Waals surface area contributed by atoms with E-state index in [1.54, 1.807) is 0 Å². The molecular formula is C15H24N2O. The third-order valence-electron chi connectivity index (χ3n) is 3.37. The first-order valence-corrected chi connectivity index (χ1v) is 6.59. The van der Waals surface area contributed by atoms with Crippen LogP contribution in [-0.4, -0.2) is 38.8 Å². The predicted octanol–water partition coefficient (Wildman–Crippen LogP) is 1.87. The fraction of sp³-hybridized carbons (Fsp3) is 0.600. The molecule has 1 aromatic rings. The van der Waals surface area contributed by atoms with Crippen LogP contribution in [0.3, 0.4) is 0 Å². The zero-order chi connectivity index (χ0) is 13.0. The van der Waals surface area contributed by atoms with Crippen LogP contribution in [-0.2, 0) is 17.8 Å². The second-order valence-corrected chi connectivity index (χ2v) is 5.91. The Labute approximate surface area is 110 Å². The zero-order valence-corrected chi connectivity index (χ0v) is 11.7. The van der Waals surface area contributed by atoms with Crippen molar-refractivity contribution in [2.75, 3.05) is 33.9 Å². The molecule has 0 bridgehead atoms. The highest BCUT2D eigenvalue weighted by atomic mass is 16.5. The molecule has 0 aromatic heterocycles. The SMILES string of the molecule is CN(C)Cc1ccccc1CNCC1(C)COC1. The van der Waals surface area contributed by atoms with Crippen molar-refractivity contribution in [1.29, 1.82) is 0 Å². The smallest absolute Gasteiger partial charge is 0.0554 e. The molecule has 18 heavy (non-hydrogen) atoms. The number of hydrogen-bond donors (Lipinski definition) is 1. The van der Waals surface area contributed by atoms with Crippen LogP contribution in [0.2, 0.25) is 0 Å². The average molecular weight is 248 g/mol. The molecule has 1 N–H and O–H groups in total. The van der Waals surface area contributed by atoms with Crippen molar-refractivity contribution in [3.05, 3.63) is 35.4 Å². The van der Waals surface area contributed by atoms with E-state index in [9.17, 15) is 0 Å². The van der Waals surface area contributed by atoms with Crippen LogP contribution in [0.4, 0.5) is 0 Å². The van der Waals surface area contributed by atoms with Gasteiger partial charge >= 0.3 is 0 Å². The Kier molecular flexibility index (Phi) is 4.38. The van der Waals surface area contributed by atoms with E-state index in [0.29, 0.717) is 5.41 Å². The largest absolute Gasteiger partial charge is 0.380 e. The van der Waals surface area contributed by atoms with Gasteiger partial charge in [-0.15, -0.1) is 0 Å². The Morgan fingerprint density at radius 2 is 1.89 bits per heavy atom. The van der Waals surface area contributed by atoms with Gasteiger partial charge in [-0.25, -0.2) is 0 Å². The molecule has 3 nitrogen and oxygen atoms in total. The molecule has 0 unspecified atom stereocenters. The van der Waals surface area contributed by atoms with Crippen molar-refractivity contribution >= 4 is 0 Å². The molecule has 0 aliphatic carbocycles. The van der Waals surface area contributed by atoms with Gasteiger partial charge in [-0.3, -0.25) is 0 Å². The van der Waals surface area contributed by atoms with Gasteiger partial charge in [0.2, 0.25) is 0 Å². The summed E-state index contributed by atoms with van der Waals surface area (Å²) in [5.74, 6) is 0. The maximum Gasteiger partial charge on any atom is 0.0554 e. The highest BCUT2D eigenvalue weighted by molar-refractivity contribution is 5.26. The van der Waals surface area contributed by atoms with Gasteiger partial charge < -0.3 is 15.0 Å². The van der Waals surface area contributed by atoms with Crippen molar-refractivity contribution in [2.45, 2.75) is 20.0 Å². The van der Waals surface area contributed by atoms with E-state index in [1.807, 2.05) is 0 Å². The maximum atomic E-state index is 5.27. The van der Waals surface area contributed by atoms with Crippen molar-refractivity contribution in [2.24, 2.45) is 5.41 Å². The Morgan fingerprint density at radius 3 is 2.44 bits per heavy atom. The standard InChI is InChI=1S/C15H24N2O/c1-15(11-18-12-15)10-16-8-13-6-4-5-7-14(13)9-17(2)3/h4-7,16H,8-12H2,1-3H3. The van der Waals surface area contributed by atoms with Crippen molar-refractivity contribution in [1.82, 2.24) is 10.2 Å². The molecule has 1 fully saturated rings. The van der Waals surface area contributed by atoms with E-state index in [0.717, 1.165) is 32.8 Å². The third-order valence-corrected chi connectivity index (χ3v) is 3.37. The lowest BCUT2D eigenvalue weighted by Crippen LogP contribution is -2.47. The lowest BCUT2D eigenvalue weighted by molar-refractivity contribution is -0.0991. The second-order valence-electron chi connectivity index (χ2n) is 5.91. The monoisotopic (exact) mass is 248 g/mol. The molecule has 1 saturated heterocycles. The Bertz CT molecular complexity index is 386. The van der Waals surface area contributed by atoms with E-state index in [2.05, 4.69) is 55.5 Å². The molecule has 3 heteroatoms. The lowest BCUT2D eigenvalue weighted by Gasteiger charge is -2.38. The molecule has 0 amide bonds. The molecule has 0 radical (unpaired) electrons. The first kappa shape index (κ1) is 13.5. The highest BCUT2D eigenvalue weighted by Gasteiger charge is 2.32. The van der Waals surface area contributed by atoms with Gasteiger partial charge in [-0.2, -0.15) is 0 Å². The summed E-state index contributed by atoms with van der Waals surface area (Å²) >= 11 is 0. The zero-order valence-electron chi connectivity index (χ0n) is 11.7. The van der Waals surface area contributed by atoms with Crippen LogP contribution >= 0.6 is 0 Å². The summed E-state index contributed by atoms with van der Waals surface area (Å²) in [7, 11) is 4.22. The summed E-state index contributed by atoms with van der Waals surface area (Å²) in [6.07, 6.45) is 0. The number of rotatable bonds is 6. The first-order chi connectivity index (χ1) is 8.59. The van der Waals surface area contributed by atoms with Crippen molar-refractivity contribution in [3.8, 4) is 0 Å². The summed E-state index contributed by atoms with van der Waals surface area (Å²) in [5, 5.41) is 3.56. The lowest BCUT2D eigenvalue weighted by atomic mass is 9.88. The normalized spacial score (nSPS) is 17.8. The molecule has 1 aliphatic heterocycles. The molecule has 1 heterocycles. The van der Waals surface area contributed by atoms with Gasteiger partial charge in [0.05, 0.1) is 13.2 Å². The van der Waals surface area contributed by atoms with E-state index < -0.39 is 0 Å². The maximum absolute atomic E-state index is 5.27. The van der Waals surface area contributed by atoms with Crippen LogP contribution in [0.5, 0.6) is 0 Å². The molecule has 0 atom stereocenters. The van der Waals surface area contributed by atoms with Crippen molar-refractivity contribution < 1.29 is 4.74 Å². The van der Waals surface area contributed by atoms with E-state index >= 15 is 0 Å². The molecule has 1 aromatic carbocycles. The summed E-state index contributed by atoms with van der Waals surface area (Å²) in [4.78, 5) is 2.21. The van der Waals surface area contributed by atoms with Gasteiger partial charge in [-0.1, -0.05) is 31.2 Å². The first-order valence-electron chi connectivity index (χ1n) is 6.59. The topological polar surface area (TPSA) is 24.5 Å². The highest BCUT2D eigenvalue weighted by Crippen LogP contribution is 2.25. The van der Waals surface area contributed by atoms with Crippen LogP contribution in [0.15, 0.2) is 24.3 Å². The van der Waals surface area contributed by atoms with Crippen LogP contribution in [0, 0.1) is 5.41 Å². The van der Waals surface area contributed by atoms with E-state index in [-0.39, 0.29) is 0 Å². The summed E-state index contributed by atoms with van der Waals surface area (Å²) < 4.78 is 5.27. The fourth-order valence-corrected chi connectivity index (χ4v) is 2.28. The van der Waals surface area contributed by atoms with Gasteiger partial charge in [-0.05, 0) is 25.2 Å². The minimum atomic E-state index is 0.344. The van der Waals surface area contributed by atoms with Gasteiger partial charge in [0.25, 0.3) is 0 Å². The third kappa shape index (κ3) is 3.55. The van der Waals surface area contributed by atoms with Gasteiger partial charge in [0.15, 0.2) is 0 Å². The van der Waals surface area contributed by atoms with Crippen molar-refractivity contribution in [3.63, 3.8) is 0 Å². The van der Waals surface area contributed by atoms with Crippen LogP contribution in [0.25, 0.3) is 0 Å². The van der Waals surface area contributed by atoms with E-state index in [4.69, 9.17) is 4.74 Å². The summed E-state index contributed by atoms with van der Waals surface area (Å²) in [6.45, 7) is 7.02. The molecular weight excluding hydrogens is 224 g/mol. The molecule has 0 saturated carbocycles. The molecule has 2 rings (SSSR count). The predicted molar refractivity (Wildman–Crippen MR) is 74.5 cm³/mol. The Hall–Kier alpha value is -0.900. The molecule has 100 valence electrons. The Balaban J connectivity index is 1.88. The summed E-state index contributed by atoms with van der Waals surface area (Å²) in [5.41, 5.74) is 3.15. The Morgan fingerprint density at radius 1 is 1.22 bits per heavy atom. The molecule has 1 aliphatic rings. The minimum Gasteiger partial charge on any atom is -0.380 e. The minimum absolute atomic E-state index is 0.344. The molecule has 0 spiro atoms. The number of hydrogen-bond acceptors (Lipinski definition) is 3. The van der Waals surface area contributed by atoms with Crippen LogP contribution in [0.1, 0.15) is 18.1 Å². The number of nitrogens with zero attached hydrogens (tertiary/aromatic N) is 1. The number of benzene rings is 1. The van der Waals surface area contributed by atoms with Gasteiger partial charge in [0, 0.05) is 25.0 Å². The van der Waals surface area contributed by atoms with Crippen LogP contribution < -0.4 is 5.32 Å². The number of ether oxygens (including phenoxy) is 1. The summed E-state index contributed by atoms with van der Waals surface area (Å²) in [6, 6.07) is 8.66. The fourth-order valence-electron chi connectivity index (χ4n) is 2.28.